The van der Waals surface area contributed by atoms with Gasteiger partial charge in [0.15, 0.2) is 0 Å². The quantitative estimate of drug-likeness (QED) is 0.664. The van der Waals surface area contributed by atoms with Crippen LogP contribution in [0.3, 0.4) is 0 Å². The number of benzene rings is 1. The molecular weight excluding hydrogens is 134 g/mol. The highest BCUT2D eigenvalue weighted by Crippen LogP contribution is 2.11. The van der Waals surface area contributed by atoms with E-state index in [1.807, 2.05) is 0 Å². The molecule has 0 unspecified atom stereocenters. The van der Waals surface area contributed by atoms with Crippen molar-refractivity contribution in [1.82, 2.24) is 0 Å². The van der Waals surface area contributed by atoms with Gasteiger partial charge in [-0.25, -0.2) is 0 Å². The molecule has 0 spiro atoms. The van der Waals surface area contributed by atoms with Gasteiger partial charge in [-0.2, -0.15) is 0 Å². The zero-order valence-corrected chi connectivity index (χ0v) is 7.30. The van der Waals surface area contributed by atoms with Crippen molar-refractivity contribution in [2.24, 2.45) is 0 Å². The van der Waals surface area contributed by atoms with Crippen LogP contribution in [-0.2, 0) is 0 Å². The molecule has 0 aromatic heterocycles. The summed E-state index contributed by atoms with van der Waals surface area (Å²) in [6.45, 7) is 4.27. The Labute approximate surface area is 68.2 Å². The summed E-state index contributed by atoms with van der Waals surface area (Å²) >= 11 is 0. The molecule has 0 radical (unpaired) electrons. The SMILES string of the molecule is CC[C@H]([NH3+])c1ccc(C)cc1. The topological polar surface area (TPSA) is 27.6 Å². The van der Waals surface area contributed by atoms with Crippen LogP contribution in [-0.4, -0.2) is 0 Å². The molecule has 1 aromatic rings. The van der Waals surface area contributed by atoms with Crippen LogP contribution in [0.25, 0.3) is 0 Å². The van der Waals surface area contributed by atoms with E-state index in [9.17, 15) is 0 Å². The lowest BCUT2D eigenvalue weighted by Crippen LogP contribution is -2.53. The van der Waals surface area contributed by atoms with Gasteiger partial charge >= 0.3 is 0 Å². The van der Waals surface area contributed by atoms with Crippen LogP contribution < -0.4 is 5.73 Å². The summed E-state index contributed by atoms with van der Waals surface area (Å²) in [7, 11) is 0. The van der Waals surface area contributed by atoms with E-state index >= 15 is 0 Å². The normalized spacial score (nSPS) is 13.0. The Hall–Kier alpha value is -0.820. The molecule has 1 rings (SSSR count). The Kier molecular flexibility index (Phi) is 2.66. The maximum Gasteiger partial charge on any atom is 0.110 e. The molecule has 3 N–H and O–H groups in total. The van der Waals surface area contributed by atoms with Gasteiger partial charge < -0.3 is 5.73 Å². The summed E-state index contributed by atoms with van der Waals surface area (Å²) in [6.07, 6.45) is 1.11. The third-order valence-corrected chi connectivity index (χ3v) is 2.04. The van der Waals surface area contributed by atoms with Crippen molar-refractivity contribution >= 4 is 0 Å². The second kappa shape index (κ2) is 3.54. The van der Waals surface area contributed by atoms with E-state index in [1.54, 1.807) is 0 Å². The van der Waals surface area contributed by atoms with Crippen LogP contribution in [0.2, 0.25) is 0 Å². The van der Waals surface area contributed by atoms with Gasteiger partial charge in [0, 0.05) is 12.0 Å². The lowest BCUT2D eigenvalue weighted by atomic mass is 10.0. The highest BCUT2D eigenvalue weighted by atomic mass is 14.6. The zero-order valence-electron chi connectivity index (χ0n) is 7.30. The molecule has 0 aliphatic carbocycles. The molecular formula is C10H16N+. The summed E-state index contributed by atoms with van der Waals surface area (Å²) in [4.78, 5) is 0. The van der Waals surface area contributed by atoms with E-state index < -0.39 is 0 Å². The highest BCUT2D eigenvalue weighted by molar-refractivity contribution is 5.22. The van der Waals surface area contributed by atoms with Crippen LogP contribution in [0.1, 0.15) is 30.5 Å². The van der Waals surface area contributed by atoms with E-state index in [0.29, 0.717) is 6.04 Å². The fourth-order valence-corrected chi connectivity index (χ4v) is 1.07. The first-order chi connectivity index (χ1) is 5.24. The average Bonchev–Trinajstić information content (AvgIpc) is 2.05. The average molecular weight is 150 g/mol. The molecule has 1 heteroatoms. The largest absolute Gasteiger partial charge is 0.351 e. The lowest BCUT2D eigenvalue weighted by Gasteiger charge is -2.04. The Morgan fingerprint density at radius 3 is 2.27 bits per heavy atom. The maximum atomic E-state index is 4.06. The molecule has 0 heterocycles. The van der Waals surface area contributed by atoms with Crippen molar-refractivity contribution in [1.29, 1.82) is 0 Å². The third kappa shape index (κ3) is 2.05. The van der Waals surface area contributed by atoms with Gasteiger partial charge in [-0.05, 0) is 6.92 Å². The zero-order chi connectivity index (χ0) is 8.27. The fourth-order valence-electron chi connectivity index (χ4n) is 1.07. The molecule has 1 nitrogen and oxygen atoms in total. The predicted octanol–water partition coefficient (Wildman–Crippen LogP) is 1.69. The summed E-state index contributed by atoms with van der Waals surface area (Å²) in [6, 6.07) is 9.06. The Balaban J connectivity index is 2.81. The van der Waals surface area contributed by atoms with Crippen LogP contribution in [0.15, 0.2) is 24.3 Å². The van der Waals surface area contributed by atoms with Crippen LogP contribution >= 0.6 is 0 Å². The highest BCUT2D eigenvalue weighted by Gasteiger charge is 2.04. The first-order valence-corrected chi connectivity index (χ1v) is 4.13. The van der Waals surface area contributed by atoms with Gasteiger partial charge in [-0.15, -0.1) is 0 Å². The van der Waals surface area contributed by atoms with E-state index in [0.717, 1.165) is 6.42 Å². The van der Waals surface area contributed by atoms with Gasteiger partial charge in [0.1, 0.15) is 6.04 Å². The van der Waals surface area contributed by atoms with E-state index in [2.05, 4.69) is 43.8 Å². The molecule has 11 heavy (non-hydrogen) atoms. The molecule has 0 bridgehead atoms. The maximum absolute atomic E-state index is 4.06. The minimum absolute atomic E-state index is 0.454. The van der Waals surface area contributed by atoms with Crippen molar-refractivity contribution in [3.05, 3.63) is 35.4 Å². The number of quaternary nitrogens is 1. The van der Waals surface area contributed by atoms with Crippen molar-refractivity contribution < 1.29 is 5.73 Å². The Morgan fingerprint density at radius 1 is 1.27 bits per heavy atom. The number of hydrogen-bond donors (Lipinski definition) is 1. The minimum atomic E-state index is 0.454. The second-order valence-electron chi connectivity index (χ2n) is 3.02. The fraction of sp³-hybridized carbons (Fsp3) is 0.400. The Morgan fingerprint density at radius 2 is 1.82 bits per heavy atom. The first kappa shape index (κ1) is 8.28. The Bertz CT molecular complexity index is 213. The number of aryl methyl sites for hydroxylation is 1. The molecule has 1 atom stereocenters. The van der Waals surface area contributed by atoms with E-state index in [-0.39, 0.29) is 0 Å². The summed E-state index contributed by atoms with van der Waals surface area (Å²) in [5.41, 5.74) is 6.72. The molecule has 0 saturated heterocycles. The molecule has 0 amide bonds. The van der Waals surface area contributed by atoms with Gasteiger partial charge in [0.2, 0.25) is 0 Å². The number of rotatable bonds is 2. The first-order valence-electron chi connectivity index (χ1n) is 4.13. The molecule has 1 aromatic carbocycles. The lowest BCUT2D eigenvalue weighted by molar-refractivity contribution is -0.427. The van der Waals surface area contributed by atoms with Gasteiger partial charge in [-0.1, -0.05) is 36.8 Å². The molecule has 60 valence electrons. The molecule has 0 aliphatic heterocycles. The van der Waals surface area contributed by atoms with Crippen molar-refractivity contribution in [3.8, 4) is 0 Å². The molecule has 0 fully saturated rings. The summed E-state index contributed by atoms with van der Waals surface area (Å²) < 4.78 is 0. The molecule has 0 saturated carbocycles. The van der Waals surface area contributed by atoms with Crippen LogP contribution in [0, 0.1) is 6.92 Å². The second-order valence-corrected chi connectivity index (χ2v) is 3.02. The van der Waals surface area contributed by atoms with Crippen LogP contribution in [0.4, 0.5) is 0 Å². The van der Waals surface area contributed by atoms with Crippen molar-refractivity contribution in [3.63, 3.8) is 0 Å². The molecule has 0 aliphatic rings. The number of hydrogen-bond acceptors (Lipinski definition) is 0. The van der Waals surface area contributed by atoms with Crippen molar-refractivity contribution in [2.75, 3.05) is 0 Å². The van der Waals surface area contributed by atoms with Gasteiger partial charge in [-0.3, -0.25) is 0 Å². The predicted molar refractivity (Wildman–Crippen MR) is 47.1 cm³/mol. The van der Waals surface area contributed by atoms with Crippen molar-refractivity contribution in [2.45, 2.75) is 26.3 Å². The summed E-state index contributed by atoms with van der Waals surface area (Å²) in [5, 5.41) is 0. The van der Waals surface area contributed by atoms with E-state index in [4.69, 9.17) is 0 Å². The summed E-state index contributed by atoms with van der Waals surface area (Å²) in [5.74, 6) is 0. The standard InChI is InChI=1S/C10H15N/c1-3-10(11)9-6-4-8(2)5-7-9/h4-7,10H,3,11H2,1-2H3/p+1/t10-/m0/s1. The third-order valence-electron chi connectivity index (χ3n) is 2.04. The smallest absolute Gasteiger partial charge is 0.110 e. The minimum Gasteiger partial charge on any atom is -0.351 e. The van der Waals surface area contributed by atoms with Gasteiger partial charge in [0.25, 0.3) is 0 Å². The van der Waals surface area contributed by atoms with Gasteiger partial charge in [0.05, 0.1) is 0 Å². The monoisotopic (exact) mass is 150 g/mol. The van der Waals surface area contributed by atoms with E-state index in [1.165, 1.54) is 11.1 Å². The van der Waals surface area contributed by atoms with Crippen LogP contribution in [0.5, 0.6) is 0 Å².